The highest BCUT2D eigenvalue weighted by molar-refractivity contribution is 5.95. The van der Waals surface area contributed by atoms with Gasteiger partial charge in [0.2, 0.25) is 5.91 Å². The summed E-state index contributed by atoms with van der Waals surface area (Å²) in [5.74, 6) is -1.19. The Morgan fingerprint density at radius 2 is 1.95 bits per heavy atom. The Morgan fingerprint density at radius 3 is 2.67 bits per heavy atom. The number of hydrogen-bond donors (Lipinski definition) is 3. The molecule has 0 saturated heterocycles. The van der Waals surface area contributed by atoms with Crippen LogP contribution in [-0.2, 0) is 11.2 Å². The summed E-state index contributed by atoms with van der Waals surface area (Å²) in [6, 6.07) is 12.3. The van der Waals surface area contributed by atoms with Crippen LogP contribution in [0, 0.1) is 5.82 Å². The number of nitrogens with one attached hydrogen (secondary N) is 1. The Hall–Kier alpha value is -2.40. The van der Waals surface area contributed by atoms with E-state index in [4.69, 9.17) is 5.73 Å². The fraction of sp³-hybridized carbons (Fsp3) is 0.188. The minimum Gasteiger partial charge on any atom is -0.506 e. The van der Waals surface area contributed by atoms with E-state index in [1.807, 2.05) is 30.3 Å². The fourth-order valence-electron chi connectivity index (χ4n) is 1.93. The molecule has 0 radical (unpaired) electrons. The molecule has 110 valence electrons. The van der Waals surface area contributed by atoms with Gasteiger partial charge in [0.1, 0.15) is 11.6 Å². The Morgan fingerprint density at radius 1 is 1.24 bits per heavy atom. The third-order valence-electron chi connectivity index (χ3n) is 3.14. The van der Waals surface area contributed by atoms with Crippen LogP contribution in [0.3, 0.4) is 0 Å². The molecule has 1 amide bonds. The van der Waals surface area contributed by atoms with E-state index in [2.05, 4.69) is 5.32 Å². The van der Waals surface area contributed by atoms with Gasteiger partial charge in [-0.05, 0) is 30.5 Å². The number of nitrogens with two attached hydrogens (primary N) is 1. The standard InChI is InChI=1S/C16H17FN2O2/c17-12-7-9-15(20)14(10-12)19-16(21)13(18)8-6-11-4-2-1-3-5-11/h1-5,7,9-10,13,20H,6,8,18H2,(H,19,21)/t13-/m1/s1. The second-order valence-corrected chi connectivity index (χ2v) is 4.78. The monoisotopic (exact) mass is 288 g/mol. The number of halogens is 1. The Balaban J connectivity index is 1.92. The van der Waals surface area contributed by atoms with Crippen molar-refractivity contribution in [1.29, 1.82) is 0 Å². The van der Waals surface area contributed by atoms with Gasteiger partial charge in [0.15, 0.2) is 0 Å². The number of carbonyl (C=O) groups is 1. The highest BCUT2D eigenvalue weighted by atomic mass is 19.1. The SMILES string of the molecule is N[C@H](CCc1ccccc1)C(=O)Nc1cc(F)ccc1O. The van der Waals surface area contributed by atoms with E-state index < -0.39 is 17.8 Å². The van der Waals surface area contributed by atoms with Crippen LogP contribution in [-0.4, -0.2) is 17.1 Å². The maximum Gasteiger partial charge on any atom is 0.241 e. The molecule has 0 fully saturated rings. The van der Waals surface area contributed by atoms with Crippen molar-refractivity contribution in [3.63, 3.8) is 0 Å². The van der Waals surface area contributed by atoms with E-state index in [1.54, 1.807) is 0 Å². The lowest BCUT2D eigenvalue weighted by Crippen LogP contribution is -2.36. The van der Waals surface area contributed by atoms with Crippen LogP contribution in [0.25, 0.3) is 0 Å². The van der Waals surface area contributed by atoms with E-state index in [0.717, 1.165) is 17.7 Å². The first-order valence-electron chi connectivity index (χ1n) is 6.65. The largest absolute Gasteiger partial charge is 0.506 e. The molecule has 2 aromatic rings. The maximum atomic E-state index is 13.1. The van der Waals surface area contributed by atoms with Crippen molar-refractivity contribution in [2.24, 2.45) is 5.73 Å². The van der Waals surface area contributed by atoms with Gasteiger partial charge in [0, 0.05) is 6.07 Å². The van der Waals surface area contributed by atoms with Crippen molar-refractivity contribution in [3.8, 4) is 5.75 Å². The average Bonchev–Trinajstić information content (AvgIpc) is 2.49. The summed E-state index contributed by atoms with van der Waals surface area (Å²) in [5, 5.41) is 12.0. The summed E-state index contributed by atoms with van der Waals surface area (Å²) in [5.41, 5.74) is 6.93. The smallest absolute Gasteiger partial charge is 0.241 e. The number of aryl methyl sites for hydroxylation is 1. The third-order valence-corrected chi connectivity index (χ3v) is 3.14. The lowest BCUT2D eigenvalue weighted by atomic mass is 10.1. The predicted molar refractivity (Wildman–Crippen MR) is 79.4 cm³/mol. The zero-order valence-corrected chi connectivity index (χ0v) is 11.4. The lowest BCUT2D eigenvalue weighted by Gasteiger charge is -2.13. The van der Waals surface area contributed by atoms with Crippen LogP contribution in [0.4, 0.5) is 10.1 Å². The molecule has 5 heteroatoms. The van der Waals surface area contributed by atoms with Gasteiger partial charge in [-0.2, -0.15) is 0 Å². The van der Waals surface area contributed by atoms with E-state index in [9.17, 15) is 14.3 Å². The van der Waals surface area contributed by atoms with Crippen molar-refractivity contribution < 1.29 is 14.3 Å². The Labute approximate surface area is 122 Å². The second kappa shape index (κ2) is 6.85. The third kappa shape index (κ3) is 4.29. The molecule has 0 aliphatic heterocycles. The predicted octanol–water partition coefficient (Wildman–Crippen LogP) is 2.43. The van der Waals surface area contributed by atoms with Crippen molar-refractivity contribution in [1.82, 2.24) is 0 Å². The molecule has 0 spiro atoms. The van der Waals surface area contributed by atoms with Gasteiger partial charge in [0.25, 0.3) is 0 Å². The zero-order chi connectivity index (χ0) is 15.2. The molecule has 2 aromatic carbocycles. The minimum atomic E-state index is -0.729. The van der Waals surface area contributed by atoms with Gasteiger partial charge in [0.05, 0.1) is 11.7 Å². The van der Waals surface area contributed by atoms with Crippen LogP contribution in [0.1, 0.15) is 12.0 Å². The Kier molecular flexibility index (Phi) is 4.90. The molecule has 0 saturated carbocycles. The van der Waals surface area contributed by atoms with Crippen molar-refractivity contribution in [2.75, 3.05) is 5.32 Å². The van der Waals surface area contributed by atoms with Gasteiger partial charge in [-0.15, -0.1) is 0 Å². The minimum absolute atomic E-state index is 0.0233. The quantitative estimate of drug-likeness (QED) is 0.740. The number of hydrogen-bond acceptors (Lipinski definition) is 3. The molecule has 0 aromatic heterocycles. The first kappa shape index (κ1) is 15.0. The normalized spacial score (nSPS) is 11.9. The van der Waals surface area contributed by atoms with Crippen LogP contribution >= 0.6 is 0 Å². The summed E-state index contributed by atoms with van der Waals surface area (Å²) in [7, 11) is 0. The molecule has 4 nitrogen and oxygen atoms in total. The van der Waals surface area contributed by atoms with E-state index in [0.29, 0.717) is 12.8 Å². The van der Waals surface area contributed by atoms with Crippen molar-refractivity contribution in [3.05, 3.63) is 59.9 Å². The first-order chi connectivity index (χ1) is 10.1. The highest BCUT2D eigenvalue weighted by Gasteiger charge is 2.15. The molecular weight excluding hydrogens is 271 g/mol. The number of aromatic hydroxyl groups is 1. The summed E-state index contributed by atoms with van der Waals surface area (Å²) in [6.45, 7) is 0. The lowest BCUT2D eigenvalue weighted by molar-refractivity contribution is -0.117. The average molecular weight is 288 g/mol. The molecule has 4 N–H and O–H groups in total. The van der Waals surface area contributed by atoms with Gasteiger partial charge >= 0.3 is 0 Å². The molecule has 0 unspecified atom stereocenters. The van der Waals surface area contributed by atoms with Crippen LogP contribution in [0.5, 0.6) is 5.75 Å². The molecule has 2 rings (SSSR count). The fourth-order valence-corrected chi connectivity index (χ4v) is 1.93. The molecule has 1 atom stereocenters. The number of phenols is 1. The molecule has 0 bridgehead atoms. The summed E-state index contributed by atoms with van der Waals surface area (Å²) < 4.78 is 13.1. The number of phenolic OH excluding ortho intramolecular Hbond substituents is 1. The number of anilines is 1. The number of benzene rings is 2. The maximum absolute atomic E-state index is 13.1. The topological polar surface area (TPSA) is 75.4 Å². The molecule has 0 heterocycles. The van der Waals surface area contributed by atoms with Crippen LogP contribution in [0.15, 0.2) is 48.5 Å². The first-order valence-corrected chi connectivity index (χ1v) is 6.65. The second-order valence-electron chi connectivity index (χ2n) is 4.78. The molecule has 0 aliphatic carbocycles. The van der Waals surface area contributed by atoms with E-state index in [-0.39, 0.29) is 11.4 Å². The van der Waals surface area contributed by atoms with Crippen molar-refractivity contribution >= 4 is 11.6 Å². The molecule has 0 aliphatic rings. The van der Waals surface area contributed by atoms with Gasteiger partial charge < -0.3 is 16.2 Å². The zero-order valence-electron chi connectivity index (χ0n) is 11.4. The molecule has 21 heavy (non-hydrogen) atoms. The molecular formula is C16H17FN2O2. The van der Waals surface area contributed by atoms with Crippen molar-refractivity contribution in [2.45, 2.75) is 18.9 Å². The van der Waals surface area contributed by atoms with Gasteiger partial charge in [-0.25, -0.2) is 4.39 Å². The number of carbonyl (C=O) groups excluding carboxylic acids is 1. The Bertz CT molecular complexity index is 617. The van der Waals surface area contributed by atoms with Crippen LogP contribution in [0.2, 0.25) is 0 Å². The van der Waals surface area contributed by atoms with E-state index in [1.165, 1.54) is 6.07 Å². The van der Waals surface area contributed by atoms with E-state index >= 15 is 0 Å². The van der Waals surface area contributed by atoms with Gasteiger partial charge in [-0.1, -0.05) is 30.3 Å². The highest BCUT2D eigenvalue weighted by Crippen LogP contribution is 2.23. The summed E-state index contributed by atoms with van der Waals surface area (Å²) >= 11 is 0. The summed E-state index contributed by atoms with van der Waals surface area (Å²) in [4.78, 5) is 11.9. The number of rotatable bonds is 5. The van der Waals surface area contributed by atoms with Gasteiger partial charge in [-0.3, -0.25) is 4.79 Å². The summed E-state index contributed by atoms with van der Waals surface area (Å²) in [6.07, 6.45) is 1.14. The number of amides is 1. The van der Waals surface area contributed by atoms with Crippen LogP contribution < -0.4 is 11.1 Å².